The lowest BCUT2D eigenvalue weighted by Crippen LogP contribution is -2.31. The zero-order valence-corrected chi connectivity index (χ0v) is 20.3. The van der Waals surface area contributed by atoms with Crippen LogP contribution in [0, 0.1) is 6.92 Å². The van der Waals surface area contributed by atoms with Crippen molar-refractivity contribution in [2.24, 2.45) is 0 Å². The number of carbonyl (C=O) groups excluding carboxylic acids is 3. The molecule has 0 aliphatic carbocycles. The Morgan fingerprint density at radius 2 is 1.52 bits per heavy atom. The molecule has 0 radical (unpaired) electrons. The Kier molecular flexibility index (Phi) is 7.88. The monoisotopic (exact) mass is 494 g/mol. The predicted molar refractivity (Wildman–Crippen MR) is 123 cm³/mol. The number of methoxy groups -OCH3 is 2. The van der Waals surface area contributed by atoms with Crippen molar-refractivity contribution in [3.8, 4) is 0 Å². The highest BCUT2D eigenvalue weighted by Crippen LogP contribution is 2.34. The van der Waals surface area contributed by atoms with Gasteiger partial charge in [0.2, 0.25) is 10.0 Å². The fraction of sp³-hybridized carbons (Fsp3) is 0.409. The topological polar surface area (TPSA) is 119 Å². The van der Waals surface area contributed by atoms with Crippen molar-refractivity contribution in [2.45, 2.75) is 37.5 Å². The third-order valence-corrected chi connectivity index (χ3v) is 8.55. The summed E-state index contributed by atoms with van der Waals surface area (Å²) in [6, 6.07) is 5.63. The van der Waals surface area contributed by atoms with Crippen LogP contribution in [-0.2, 0) is 19.5 Å². The molecule has 1 aliphatic heterocycles. The maximum Gasteiger partial charge on any atom is 0.348 e. The third-order valence-electron chi connectivity index (χ3n) is 5.45. The predicted octanol–water partition coefficient (Wildman–Crippen LogP) is 3.45. The average Bonchev–Trinajstić information content (AvgIpc) is 2.99. The number of rotatable bonds is 6. The molecule has 1 N–H and O–H groups in total. The van der Waals surface area contributed by atoms with Crippen LogP contribution in [0.25, 0.3) is 0 Å². The fourth-order valence-electron chi connectivity index (χ4n) is 3.62. The van der Waals surface area contributed by atoms with Gasteiger partial charge in [-0.25, -0.2) is 18.0 Å². The number of carbonyl (C=O) groups is 3. The minimum Gasteiger partial charge on any atom is -0.465 e. The standard InChI is InChI=1S/C22H26N2O7S2/c1-14-17(21(26)30-2)20(32-18(14)22(27)31-3)23-19(25)15-8-10-16(11-9-15)33(28,29)24-12-6-4-5-7-13-24/h8-11H,4-7,12-13H2,1-3H3,(H,23,25). The van der Waals surface area contributed by atoms with E-state index in [4.69, 9.17) is 9.47 Å². The lowest BCUT2D eigenvalue weighted by Gasteiger charge is -2.20. The van der Waals surface area contributed by atoms with Crippen LogP contribution in [-0.4, -0.2) is 57.9 Å². The highest BCUT2D eigenvalue weighted by molar-refractivity contribution is 7.89. The van der Waals surface area contributed by atoms with Gasteiger partial charge < -0.3 is 14.8 Å². The van der Waals surface area contributed by atoms with Crippen LogP contribution in [0.3, 0.4) is 0 Å². The number of amides is 1. The van der Waals surface area contributed by atoms with Crippen molar-refractivity contribution in [2.75, 3.05) is 32.6 Å². The highest BCUT2D eigenvalue weighted by Gasteiger charge is 2.28. The summed E-state index contributed by atoms with van der Waals surface area (Å²) >= 11 is 0.904. The Morgan fingerprint density at radius 1 is 0.939 bits per heavy atom. The second-order valence-corrected chi connectivity index (χ2v) is 10.5. The van der Waals surface area contributed by atoms with Crippen molar-refractivity contribution >= 4 is 44.2 Å². The molecular weight excluding hydrogens is 468 g/mol. The number of nitrogens with zero attached hydrogens (tertiary/aromatic N) is 1. The van der Waals surface area contributed by atoms with Crippen LogP contribution >= 0.6 is 11.3 Å². The van der Waals surface area contributed by atoms with Gasteiger partial charge in [-0.15, -0.1) is 11.3 Å². The smallest absolute Gasteiger partial charge is 0.348 e. The first kappa shape index (κ1) is 24.9. The van der Waals surface area contributed by atoms with Gasteiger partial charge in [0.05, 0.1) is 24.7 Å². The molecule has 0 bridgehead atoms. The molecule has 2 aromatic rings. The number of hydrogen-bond donors (Lipinski definition) is 1. The zero-order valence-electron chi connectivity index (χ0n) is 18.7. The molecule has 178 valence electrons. The third kappa shape index (κ3) is 5.26. The van der Waals surface area contributed by atoms with E-state index in [1.54, 1.807) is 6.92 Å². The molecule has 1 aromatic carbocycles. The van der Waals surface area contributed by atoms with E-state index in [1.807, 2.05) is 0 Å². The Balaban J connectivity index is 1.84. The highest BCUT2D eigenvalue weighted by atomic mass is 32.2. The zero-order chi connectivity index (χ0) is 24.2. The number of esters is 2. The van der Waals surface area contributed by atoms with E-state index >= 15 is 0 Å². The average molecular weight is 495 g/mol. The normalized spacial score (nSPS) is 14.9. The van der Waals surface area contributed by atoms with Gasteiger partial charge in [0.1, 0.15) is 9.88 Å². The Labute approximate surface area is 196 Å². The SMILES string of the molecule is COC(=O)c1sc(NC(=O)c2ccc(S(=O)(=O)N3CCCCCC3)cc2)c(C(=O)OC)c1C. The minimum atomic E-state index is -3.63. The first-order valence-corrected chi connectivity index (χ1v) is 12.7. The summed E-state index contributed by atoms with van der Waals surface area (Å²) in [5, 5.41) is 2.77. The van der Waals surface area contributed by atoms with Crippen LogP contribution in [0.1, 0.15) is 61.6 Å². The minimum absolute atomic E-state index is 0.0663. The van der Waals surface area contributed by atoms with E-state index in [2.05, 4.69) is 5.32 Å². The first-order chi connectivity index (χ1) is 15.7. The Hall–Kier alpha value is -2.76. The van der Waals surface area contributed by atoms with Gasteiger partial charge in [0, 0.05) is 18.7 Å². The number of anilines is 1. The number of ether oxygens (including phenoxy) is 2. The molecule has 3 rings (SSSR count). The van der Waals surface area contributed by atoms with Crippen LogP contribution in [0.2, 0.25) is 0 Å². The van der Waals surface area contributed by atoms with Crippen LogP contribution in [0.5, 0.6) is 0 Å². The van der Waals surface area contributed by atoms with Crippen molar-refractivity contribution in [3.63, 3.8) is 0 Å². The Morgan fingerprint density at radius 3 is 2.06 bits per heavy atom. The molecule has 1 saturated heterocycles. The van der Waals surface area contributed by atoms with Crippen molar-refractivity contribution in [1.82, 2.24) is 4.31 Å². The van der Waals surface area contributed by atoms with Gasteiger partial charge in [0.15, 0.2) is 0 Å². The maximum absolute atomic E-state index is 12.9. The lowest BCUT2D eigenvalue weighted by molar-refractivity contribution is 0.0601. The number of sulfonamides is 1. The number of thiophene rings is 1. The van der Waals surface area contributed by atoms with E-state index in [1.165, 1.54) is 42.8 Å². The van der Waals surface area contributed by atoms with Gasteiger partial charge in [-0.05, 0) is 49.6 Å². The van der Waals surface area contributed by atoms with Gasteiger partial charge >= 0.3 is 11.9 Å². The molecule has 1 amide bonds. The van der Waals surface area contributed by atoms with E-state index in [9.17, 15) is 22.8 Å². The quantitative estimate of drug-likeness (QED) is 0.611. The maximum atomic E-state index is 12.9. The fourth-order valence-corrected chi connectivity index (χ4v) is 6.25. The van der Waals surface area contributed by atoms with E-state index in [0.29, 0.717) is 18.7 Å². The van der Waals surface area contributed by atoms with Crippen molar-refractivity contribution in [3.05, 3.63) is 45.8 Å². The van der Waals surface area contributed by atoms with Gasteiger partial charge in [-0.3, -0.25) is 4.79 Å². The number of nitrogens with one attached hydrogen (secondary N) is 1. The molecule has 0 atom stereocenters. The summed E-state index contributed by atoms with van der Waals surface area (Å²) in [5.74, 6) is -1.89. The molecule has 9 nitrogen and oxygen atoms in total. The summed E-state index contributed by atoms with van der Waals surface area (Å²) in [6.45, 7) is 2.54. The second-order valence-electron chi connectivity index (χ2n) is 7.54. The van der Waals surface area contributed by atoms with Crippen molar-refractivity contribution in [1.29, 1.82) is 0 Å². The van der Waals surface area contributed by atoms with E-state index in [0.717, 1.165) is 37.0 Å². The molecule has 2 heterocycles. The summed E-state index contributed by atoms with van der Waals surface area (Å²) in [5.41, 5.74) is 0.607. The molecular formula is C22H26N2O7S2. The molecule has 0 unspecified atom stereocenters. The number of benzene rings is 1. The molecule has 0 saturated carbocycles. The van der Waals surface area contributed by atoms with Crippen LogP contribution in [0.4, 0.5) is 5.00 Å². The second kappa shape index (κ2) is 10.4. The molecule has 1 fully saturated rings. The summed E-state index contributed by atoms with van der Waals surface area (Å²) in [4.78, 5) is 37.4. The van der Waals surface area contributed by atoms with E-state index < -0.39 is 27.9 Å². The van der Waals surface area contributed by atoms with Gasteiger partial charge in [-0.2, -0.15) is 4.31 Å². The number of hydrogen-bond acceptors (Lipinski definition) is 8. The first-order valence-electron chi connectivity index (χ1n) is 10.4. The summed E-state index contributed by atoms with van der Waals surface area (Å²) in [7, 11) is -1.21. The van der Waals surface area contributed by atoms with Crippen LogP contribution < -0.4 is 5.32 Å². The van der Waals surface area contributed by atoms with E-state index in [-0.39, 0.29) is 25.9 Å². The largest absolute Gasteiger partial charge is 0.465 e. The van der Waals surface area contributed by atoms with Crippen LogP contribution in [0.15, 0.2) is 29.2 Å². The summed E-state index contributed by atoms with van der Waals surface area (Å²) in [6.07, 6.45) is 3.68. The molecule has 0 spiro atoms. The molecule has 1 aromatic heterocycles. The van der Waals surface area contributed by atoms with Crippen molar-refractivity contribution < 1.29 is 32.3 Å². The lowest BCUT2D eigenvalue weighted by atomic mass is 10.1. The van der Waals surface area contributed by atoms with Gasteiger partial charge in [0.25, 0.3) is 5.91 Å². The molecule has 11 heteroatoms. The summed E-state index contributed by atoms with van der Waals surface area (Å²) < 4.78 is 36.9. The Bertz CT molecular complexity index is 1150. The molecule has 1 aliphatic rings. The molecule has 33 heavy (non-hydrogen) atoms. The van der Waals surface area contributed by atoms with Gasteiger partial charge in [-0.1, -0.05) is 12.8 Å².